The number of aliphatic carboxylic acids is 3. The zero-order chi connectivity index (χ0) is 98.8. The van der Waals surface area contributed by atoms with Crippen molar-refractivity contribution in [1.82, 2.24) is 42.1 Å². The first-order chi connectivity index (χ1) is 62.3. The standard InChI is InChI=1S/C92H130N10O29S/c1-8-51(4)84(79(116)38-59(32-56-19-24-63(107)25-20-56)87(126)97-71(31-50(2)3)75(112)36-60(40-82(120)121)86(125)96-52(5)15-12-13-29-93)101-89(128)62(46-103)39-76(113)72(34-57-21-26-64(108)27-22-57)98-88(127)61(41-83(122)123)37-77(114)74(47-104)100-91(130)69(54(7)106)43-78(115)73(33-55-16-10-9-11-17-55)99-90(129)68(53(6)105)42-66(110)45-95-85(124)58(23-28-81(118)119)35-67(111)49-132-48-65(109)18-14-30-102-80(117)44-70(94)92(102)131/h9-11,16-17,19-22,24-27,50-54,58-62,68-74,84,103-108H,8,12-15,18,23,28-49,93-94H2,1-7H3,(H,95,124)(H,96,125)(H,97,126)(H,98,127)(H,99,129)(H,100,130)(H,101,128)(H,118,119)(H,120,121)(H,122,123)/t51-,52+,53+,54+,58+,59+,60-,61-,62-,68-,69-,70?,71-,72-,73-,74-,84-/m0/s1. The predicted octanol–water partition coefficient (Wildman–Crippen LogP) is 1.15. The molecule has 1 heterocycles. The van der Waals surface area contributed by atoms with E-state index in [1.54, 1.807) is 65.0 Å². The van der Waals surface area contributed by atoms with Crippen LogP contribution in [0.2, 0.25) is 0 Å². The number of unbranched alkanes of at least 4 members (excludes halogenated alkanes) is 1. The highest BCUT2D eigenvalue weighted by Gasteiger charge is 2.42. The smallest absolute Gasteiger partial charge is 0.304 e. The molecule has 3 aromatic carbocycles. The van der Waals surface area contributed by atoms with Gasteiger partial charge in [0.05, 0.1) is 123 Å². The number of amides is 9. The van der Waals surface area contributed by atoms with Gasteiger partial charge in [0.25, 0.3) is 0 Å². The quantitative estimate of drug-likeness (QED) is 0.0278. The number of carbonyl (C=O) groups excluding carboxylic acids is 17. The summed E-state index contributed by atoms with van der Waals surface area (Å²) in [7, 11) is 0. The summed E-state index contributed by atoms with van der Waals surface area (Å²) in [5, 5.41) is 111. The van der Waals surface area contributed by atoms with Gasteiger partial charge in [0.2, 0.25) is 53.2 Å². The number of rotatable bonds is 67. The molecule has 4 rings (SSSR count). The number of phenolic OH excluding ortho intramolecular Hbond substituents is 2. The molecule has 1 unspecified atom stereocenters. The van der Waals surface area contributed by atoms with Gasteiger partial charge in [-0.25, -0.2) is 0 Å². The number of aliphatic hydroxyl groups is 4. The van der Waals surface area contributed by atoms with Gasteiger partial charge in [-0.2, -0.15) is 0 Å². The summed E-state index contributed by atoms with van der Waals surface area (Å²) < 4.78 is 0. The average Bonchev–Trinajstić information content (AvgIpc) is 1.30. The van der Waals surface area contributed by atoms with Gasteiger partial charge in [-0.3, -0.25) is 101 Å². The van der Waals surface area contributed by atoms with Crippen LogP contribution in [-0.2, 0) is 115 Å². The zero-order valence-electron chi connectivity index (χ0n) is 75.6. The maximum atomic E-state index is 14.8. The van der Waals surface area contributed by atoms with Crippen LogP contribution in [0, 0.1) is 53.3 Å². The Morgan fingerprint density at radius 2 is 0.924 bits per heavy atom. The number of nitrogens with two attached hydrogens (primary N) is 2. The topological polar surface area (TPSA) is 663 Å². The van der Waals surface area contributed by atoms with E-state index in [1.807, 2.05) is 0 Å². The molecule has 0 aromatic heterocycles. The second-order valence-corrected chi connectivity index (χ2v) is 35.4. The summed E-state index contributed by atoms with van der Waals surface area (Å²) in [5.74, 6) is -31.4. The highest BCUT2D eigenvalue weighted by Crippen LogP contribution is 2.27. The molecule has 728 valence electrons. The van der Waals surface area contributed by atoms with Crippen LogP contribution < -0.4 is 48.7 Å². The molecule has 9 amide bonds. The fraction of sp³-hybridized carbons (Fsp3) is 0.587. The lowest BCUT2D eigenvalue weighted by Crippen LogP contribution is -2.52. The highest BCUT2D eigenvalue weighted by molar-refractivity contribution is 8.00. The third-order valence-corrected chi connectivity index (χ3v) is 23.9. The molecule has 17 atom stereocenters. The number of carboxylic acids is 3. The maximum Gasteiger partial charge on any atom is 0.304 e. The van der Waals surface area contributed by atoms with Crippen molar-refractivity contribution < 1.29 is 142 Å². The summed E-state index contributed by atoms with van der Waals surface area (Å²) in [5.41, 5.74) is 12.4. The van der Waals surface area contributed by atoms with Crippen LogP contribution in [0.3, 0.4) is 0 Å². The minimum absolute atomic E-state index is 0.0161. The fourth-order valence-corrected chi connectivity index (χ4v) is 15.7. The largest absolute Gasteiger partial charge is 0.508 e. The average molecular weight is 1870 g/mol. The van der Waals surface area contributed by atoms with Gasteiger partial charge < -0.3 is 94.6 Å². The Morgan fingerprint density at radius 3 is 1.43 bits per heavy atom. The number of hydrogen-bond acceptors (Lipinski definition) is 29. The number of ketones is 8. The van der Waals surface area contributed by atoms with Crippen LogP contribution in [0.5, 0.6) is 11.5 Å². The van der Waals surface area contributed by atoms with Crippen molar-refractivity contribution in [3.63, 3.8) is 0 Å². The SMILES string of the molecule is CC[C@H](C)[C@H](NC(=O)[C@H](CO)CC(=O)[C@H](Cc1ccc(O)cc1)NC(=O)[C@H](CC(=O)O)CC(=O)[C@H](CO)NC(=O)[C@@H](CC(=O)[C@H](Cc1ccccc1)NC(=O)[C@@H](CC(=O)CNC(=O)[C@H](CCC(=O)O)CC(=O)CSCC(=O)CCCN1C(=O)CC(N)C1=O)[C@@H](C)O)[C@@H](C)O)C(=O)C[C@@H](Cc1ccc(O)cc1)C(=O)N[C@@H](CC(C)C)C(=O)C[C@@H](CC(=O)O)C(=O)N[C@H](C)CCCCN. The van der Waals surface area contributed by atoms with Gasteiger partial charge in [-0.05, 0) is 131 Å². The number of nitrogens with zero attached hydrogens (tertiary/aromatic N) is 1. The summed E-state index contributed by atoms with van der Waals surface area (Å²) >= 11 is 0.920. The lowest BCUT2D eigenvalue weighted by Gasteiger charge is -2.28. The number of carboxylic acid groups (broad SMARTS) is 3. The van der Waals surface area contributed by atoms with Crippen molar-refractivity contribution in [2.45, 2.75) is 244 Å². The molecule has 40 heteroatoms. The van der Waals surface area contributed by atoms with Crippen LogP contribution in [0.4, 0.5) is 0 Å². The monoisotopic (exact) mass is 1870 g/mol. The van der Waals surface area contributed by atoms with E-state index in [2.05, 4.69) is 37.2 Å². The van der Waals surface area contributed by atoms with Crippen LogP contribution >= 0.6 is 11.8 Å². The first kappa shape index (κ1) is 113. The lowest BCUT2D eigenvalue weighted by molar-refractivity contribution is -0.143. The number of imide groups is 1. The second-order valence-electron chi connectivity index (χ2n) is 34.4. The summed E-state index contributed by atoms with van der Waals surface area (Å²) in [4.78, 5) is 272. The second kappa shape index (κ2) is 57.8. The van der Waals surface area contributed by atoms with Gasteiger partial charge in [-0.15, -0.1) is 11.8 Å². The highest BCUT2D eigenvalue weighted by atomic mass is 32.2. The van der Waals surface area contributed by atoms with E-state index in [0.717, 1.165) is 30.5 Å². The Morgan fingerprint density at radius 1 is 0.455 bits per heavy atom. The molecule has 0 radical (unpaired) electrons. The number of carbonyl (C=O) groups is 20. The van der Waals surface area contributed by atoms with Gasteiger partial charge >= 0.3 is 17.9 Å². The number of aromatic hydroxyl groups is 2. The first-order valence-electron chi connectivity index (χ1n) is 44.3. The molecule has 3 aromatic rings. The van der Waals surface area contributed by atoms with E-state index in [9.17, 15) is 142 Å². The molecule has 0 bridgehead atoms. The molecule has 1 fully saturated rings. The Bertz CT molecular complexity index is 4450. The van der Waals surface area contributed by atoms with E-state index < -0.39 is 304 Å². The molecular weight excluding hydrogens is 1740 g/mol. The number of benzene rings is 3. The number of nitrogens with one attached hydrogen (secondary N) is 7. The molecule has 1 saturated heterocycles. The molecular formula is C92H130N10O29S. The van der Waals surface area contributed by atoms with Crippen LogP contribution in [0.15, 0.2) is 78.9 Å². The predicted molar refractivity (Wildman–Crippen MR) is 477 cm³/mol. The molecule has 20 N–H and O–H groups in total. The zero-order valence-corrected chi connectivity index (χ0v) is 76.4. The van der Waals surface area contributed by atoms with E-state index >= 15 is 0 Å². The molecule has 0 spiro atoms. The number of phenols is 2. The Kier molecular flexibility index (Phi) is 49.4. The Labute approximate surface area is 769 Å². The third kappa shape index (κ3) is 40.3. The minimum atomic E-state index is -2.00. The summed E-state index contributed by atoms with van der Waals surface area (Å²) in [6.45, 7) is 8.08. The normalized spacial score (nSPS) is 16.2. The number of hydrogen-bond donors (Lipinski definition) is 18. The Hall–Kier alpha value is -11.4. The number of aliphatic hydroxyl groups excluding tert-OH is 4. The molecule has 39 nitrogen and oxygen atoms in total. The van der Waals surface area contributed by atoms with Crippen LogP contribution in [0.25, 0.3) is 0 Å². The molecule has 132 heavy (non-hydrogen) atoms. The minimum Gasteiger partial charge on any atom is -0.508 e. The maximum absolute atomic E-state index is 14.8. The van der Waals surface area contributed by atoms with Crippen molar-refractivity contribution in [2.24, 2.45) is 64.7 Å². The summed E-state index contributed by atoms with van der Waals surface area (Å²) in [6.07, 6.45) is -10.3. The van der Waals surface area contributed by atoms with Crippen molar-refractivity contribution in [3.05, 3.63) is 95.6 Å². The summed E-state index contributed by atoms with van der Waals surface area (Å²) in [6, 6.07) is 9.40. The van der Waals surface area contributed by atoms with Gasteiger partial charge in [-0.1, -0.05) is 95.1 Å². The molecule has 0 saturated carbocycles. The molecule has 1 aliphatic heterocycles. The van der Waals surface area contributed by atoms with E-state index in [0.29, 0.717) is 36.9 Å². The van der Waals surface area contributed by atoms with Crippen molar-refractivity contribution in [2.75, 3.05) is 44.4 Å². The van der Waals surface area contributed by atoms with E-state index in [1.165, 1.54) is 48.5 Å². The van der Waals surface area contributed by atoms with Crippen molar-refractivity contribution >= 4 is 129 Å². The fourth-order valence-electron chi connectivity index (χ4n) is 14.9. The molecule has 1 aliphatic rings. The van der Waals surface area contributed by atoms with E-state index in [4.69, 9.17) is 11.5 Å². The first-order valence-corrected chi connectivity index (χ1v) is 45.4. The number of likely N-dealkylation sites (tertiary alicyclic amines) is 1. The van der Waals surface area contributed by atoms with Gasteiger partial charge in [0.1, 0.15) is 29.1 Å². The van der Waals surface area contributed by atoms with E-state index in [-0.39, 0.29) is 98.2 Å². The number of Topliss-reactive ketones (excluding diaryl/α,β-unsaturated/α-hetero) is 8. The van der Waals surface area contributed by atoms with Crippen LogP contribution in [-0.4, -0.2) is 267 Å². The number of thioether (sulfide) groups is 1. The van der Waals surface area contributed by atoms with Crippen LogP contribution in [0.1, 0.15) is 187 Å². The van der Waals surface area contributed by atoms with Crippen molar-refractivity contribution in [1.29, 1.82) is 0 Å². The third-order valence-electron chi connectivity index (χ3n) is 22.8. The lowest BCUT2D eigenvalue weighted by atomic mass is 9.85. The molecule has 0 aliphatic carbocycles. The van der Waals surface area contributed by atoms with Gasteiger partial charge in [0.15, 0.2) is 34.7 Å². The van der Waals surface area contributed by atoms with Gasteiger partial charge in [0, 0.05) is 82.2 Å². The Balaban J connectivity index is 1.52. The van der Waals surface area contributed by atoms with Crippen molar-refractivity contribution in [3.8, 4) is 11.5 Å².